The lowest BCUT2D eigenvalue weighted by Gasteiger charge is -2.26. The van der Waals surface area contributed by atoms with E-state index in [1.54, 1.807) is 0 Å². The zero-order valence-corrected chi connectivity index (χ0v) is 12.0. The fourth-order valence-electron chi connectivity index (χ4n) is 2.69. The number of halogens is 1. The van der Waals surface area contributed by atoms with Gasteiger partial charge in [-0.1, -0.05) is 16.1 Å². The van der Waals surface area contributed by atoms with Crippen molar-refractivity contribution >= 4 is 23.1 Å². The van der Waals surface area contributed by atoms with Gasteiger partial charge in [-0.25, -0.2) is 4.98 Å². The summed E-state index contributed by atoms with van der Waals surface area (Å²) in [7, 11) is 0. The second-order valence-corrected chi connectivity index (χ2v) is 6.59. The topological polar surface area (TPSA) is 46.8 Å². The van der Waals surface area contributed by atoms with E-state index < -0.39 is 0 Å². The van der Waals surface area contributed by atoms with Gasteiger partial charge >= 0.3 is 0 Å². The molecule has 5 nitrogen and oxygen atoms in total. The number of fused-ring (bicyclic) bond motifs is 1. The third-order valence-corrected chi connectivity index (χ3v) is 4.83. The molecule has 1 saturated carbocycles. The summed E-state index contributed by atoms with van der Waals surface area (Å²) in [6, 6.07) is 0.722. The Morgan fingerprint density at radius 3 is 3.05 bits per heavy atom. The van der Waals surface area contributed by atoms with Crippen LogP contribution in [0.1, 0.15) is 36.0 Å². The van der Waals surface area contributed by atoms with Crippen LogP contribution in [0.3, 0.4) is 0 Å². The predicted octanol–water partition coefficient (Wildman–Crippen LogP) is 2.28. The largest absolute Gasteiger partial charge is 0.331 e. The number of aromatic nitrogens is 4. The van der Waals surface area contributed by atoms with Gasteiger partial charge in [0, 0.05) is 49.3 Å². The van der Waals surface area contributed by atoms with E-state index in [-0.39, 0.29) is 0 Å². The highest BCUT2D eigenvalue weighted by Crippen LogP contribution is 2.37. The molecule has 0 saturated heterocycles. The summed E-state index contributed by atoms with van der Waals surface area (Å²) < 4.78 is 6.96. The molecular weight excluding hydrogens is 282 g/mol. The third kappa shape index (κ3) is 2.17. The normalized spacial score (nSPS) is 19.6. The Morgan fingerprint density at radius 1 is 1.42 bits per heavy atom. The van der Waals surface area contributed by atoms with E-state index in [4.69, 9.17) is 11.6 Å². The molecule has 2 aromatic rings. The molecule has 1 fully saturated rings. The van der Waals surface area contributed by atoms with Gasteiger partial charge in [0.15, 0.2) is 0 Å². The van der Waals surface area contributed by atoms with E-state index in [1.165, 1.54) is 35.8 Å². The molecule has 7 heteroatoms. The fraction of sp³-hybridized carbons (Fsp3) is 0.583. The lowest BCUT2D eigenvalue weighted by atomic mass is 10.1. The number of imidazole rings is 1. The first-order chi connectivity index (χ1) is 9.31. The SMILES string of the molecule is Clc1snnc1CN1CCc2c(ncn2C2CC2)C1. The summed E-state index contributed by atoms with van der Waals surface area (Å²) in [5.41, 5.74) is 3.54. The molecule has 1 aliphatic heterocycles. The van der Waals surface area contributed by atoms with Crippen LogP contribution in [0.15, 0.2) is 6.33 Å². The highest BCUT2D eigenvalue weighted by Gasteiger charge is 2.29. The van der Waals surface area contributed by atoms with Crippen LogP contribution in [-0.2, 0) is 19.5 Å². The van der Waals surface area contributed by atoms with E-state index in [9.17, 15) is 0 Å². The van der Waals surface area contributed by atoms with E-state index in [0.29, 0.717) is 4.34 Å². The van der Waals surface area contributed by atoms with E-state index in [0.717, 1.165) is 37.8 Å². The van der Waals surface area contributed by atoms with Gasteiger partial charge in [0.25, 0.3) is 0 Å². The summed E-state index contributed by atoms with van der Waals surface area (Å²) in [6.45, 7) is 2.70. The van der Waals surface area contributed by atoms with Crippen molar-refractivity contribution in [2.45, 2.75) is 38.4 Å². The van der Waals surface area contributed by atoms with E-state index in [2.05, 4.69) is 24.0 Å². The van der Waals surface area contributed by atoms with Gasteiger partial charge in [-0.3, -0.25) is 4.90 Å². The molecule has 0 bridgehead atoms. The fourth-order valence-corrected chi connectivity index (χ4v) is 3.30. The molecular formula is C12H14ClN5S. The molecule has 0 unspecified atom stereocenters. The predicted molar refractivity (Wildman–Crippen MR) is 73.2 cm³/mol. The average molecular weight is 296 g/mol. The smallest absolute Gasteiger partial charge is 0.138 e. The van der Waals surface area contributed by atoms with Gasteiger partial charge in [-0.05, 0) is 12.8 Å². The third-order valence-electron chi connectivity index (χ3n) is 3.84. The van der Waals surface area contributed by atoms with Gasteiger partial charge in [0.2, 0.25) is 0 Å². The lowest BCUT2D eigenvalue weighted by molar-refractivity contribution is 0.236. The number of nitrogens with zero attached hydrogens (tertiary/aromatic N) is 5. The summed E-state index contributed by atoms with van der Waals surface area (Å²) in [6.07, 6.45) is 5.71. The Bertz CT molecular complexity index is 603. The van der Waals surface area contributed by atoms with Crippen LogP contribution in [0.25, 0.3) is 0 Å². The molecule has 4 rings (SSSR count). The minimum absolute atomic E-state index is 0.703. The molecule has 1 aliphatic carbocycles. The Labute approximate surface area is 120 Å². The Balaban J connectivity index is 1.51. The second kappa shape index (κ2) is 4.54. The second-order valence-electron chi connectivity index (χ2n) is 5.23. The van der Waals surface area contributed by atoms with Crippen LogP contribution in [0.2, 0.25) is 4.34 Å². The summed E-state index contributed by atoms with van der Waals surface area (Å²) in [5.74, 6) is 0. The molecule has 2 aromatic heterocycles. The van der Waals surface area contributed by atoms with Crippen LogP contribution in [0.4, 0.5) is 0 Å². The van der Waals surface area contributed by atoms with Crippen molar-refractivity contribution in [2.24, 2.45) is 0 Å². The van der Waals surface area contributed by atoms with Crippen molar-refractivity contribution in [3.8, 4) is 0 Å². The summed E-state index contributed by atoms with van der Waals surface area (Å²) in [5, 5.41) is 4.08. The van der Waals surface area contributed by atoms with Gasteiger partial charge in [0.05, 0.1) is 12.0 Å². The zero-order valence-electron chi connectivity index (χ0n) is 10.4. The van der Waals surface area contributed by atoms with Crippen molar-refractivity contribution in [3.63, 3.8) is 0 Å². The quantitative estimate of drug-likeness (QED) is 0.871. The number of rotatable bonds is 3. The van der Waals surface area contributed by atoms with E-state index >= 15 is 0 Å². The Hall–Kier alpha value is -0.980. The Kier molecular flexibility index (Phi) is 2.82. The van der Waals surface area contributed by atoms with Crippen molar-refractivity contribution in [1.29, 1.82) is 0 Å². The van der Waals surface area contributed by atoms with Gasteiger partial charge in [-0.2, -0.15) is 0 Å². The maximum absolute atomic E-state index is 6.06. The molecule has 0 N–H and O–H groups in total. The molecule has 3 heterocycles. The standard InChI is InChI=1S/C12H14ClN5S/c13-12-10(15-16-19-12)6-17-4-3-11-9(5-17)14-7-18(11)8-1-2-8/h7-8H,1-6H2. The first-order valence-corrected chi connectivity index (χ1v) is 7.70. The first kappa shape index (κ1) is 11.8. The molecule has 0 spiro atoms. The summed E-state index contributed by atoms with van der Waals surface area (Å²) >= 11 is 7.31. The molecule has 0 atom stereocenters. The van der Waals surface area contributed by atoms with Crippen molar-refractivity contribution in [1.82, 2.24) is 24.0 Å². The molecule has 0 amide bonds. The summed E-state index contributed by atoms with van der Waals surface area (Å²) in [4.78, 5) is 6.92. The monoisotopic (exact) mass is 295 g/mol. The first-order valence-electron chi connectivity index (χ1n) is 6.55. The van der Waals surface area contributed by atoms with Crippen LogP contribution in [0.5, 0.6) is 0 Å². The van der Waals surface area contributed by atoms with Crippen LogP contribution < -0.4 is 0 Å². The van der Waals surface area contributed by atoms with E-state index in [1.807, 2.05) is 6.33 Å². The number of hydrogen-bond donors (Lipinski definition) is 0. The van der Waals surface area contributed by atoms with Crippen molar-refractivity contribution < 1.29 is 0 Å². The van der Waals surface area contributed by atoms with Crippen LogP contribution in [-0.4, -0.2) is 30.6 Å². The maximum Gasteiger partial charge on any atom is 0.138 e. The molecule has 19 heavy (non-hydrogen) atoms. The van der Waals surface area contributed by atoms with Crippen LogP contribution >= 0.6 is 23.1 Å². The highest BCUT2D eigenvalue weighted by molar-refractivity contribution is 7.10. The highest BCUT2D eigenvalue weighted by atomic mass is 35.5. The van der Waals surface area contributed by atoms with Crippen molar-refractivity contribution in [3.05, 3.63) is 27.7 Å². The van der Waals surface area contributed by atoms with Gasteiger partial charge < -0.3 is 4.57 Å². The minimum atomic E-state index is 0.703. The average Bonchev–Trinajstić information content (AvgIpc) is 3.06. The van der Waals surface area contributed by atoms with Gasteiger partial charge in [-0.15, -0.1) is 5.10 Å². The van der Waals surface area contributed by atoms with Crippen LogP contribution in [0, 0.1) is 0 Å². The maximum atomic E-state index is 6.06. The molecule has 0 radical (unpaired) electrons. The molecule has 100 valence electrons. The lowest BCUT2D eigenvalue weighted by Crippen LogP contribution is -2.31. The number of hydrogen-bond acceptors (Lipinski definition) is 5. The molecule has 0 aromatic carbocycles. The zero-order chi connectivity index (χ0) is 12.8. The van der Waals surface area contributed by atoms with Crippen molar-refractivity contribution in [2.75, 3.05) is 6.54 Å². The molecule has 2 aliphatic rings. The Morgan fingerprint density at radius 2 is 2.32 bits per heavy atom. The minimum Gasteiger partial charge on any atom is -0.331 e. The van der Waals surface area contributed by atoms with Gasteiger partial charge in [0.1, 0.15) is 10.0 Å².